The summed E-state index contributed by atoms with van der Waals surface area (Å²) in [4.78, 5) is 22.9. The number of carbonyl (C=O) groups is 2. The van der Waals surface area contributed by atoms with Crippen molar-refractivity contribution in [3.8, 4) is 0 Å². The third kappa shape index (κ3) is 2.35. The standard InChI is InChI=1S/C11H16N4O3/c1-15-8-3-4-12-5-7(8)10(14-15)11(17)13-6-9(16)18-2/h12H,3-6H2,1-2H3,(H,13,17). The first kappa shape index (κ1) is 12.6. The highest BCUT2D eigenvalue weighted by atomic mass is 16.5. The van der Waals surface area contributed by atoms with Crippen LogP contribution in [0.15, 0.2) is 0 Å². The molecule has 7 heteroatoms. The minimum Gasteiger partial charge on any atom is -0.468 e. The quantitative estimate of drug-likeness (QED) is 0.672. The number of esters is 1. The van der Waals surface area contributed by atoms with Gasteiger partial charge in [-0.25, -0.2) is 0 Å². The predicted octanol–water partition coefficient (Wildman–Crippen LogP) is -1.03. The van der Waals surface area contributed by atoms with Crippen LogP contribution in [-0.2, 0) is 29.5 Å². The number of aromatic nitrogens is 2. The molecule has 0 spiro atoms. The molecule has 98 valence electrons. The molecule has 2 rings (SSSR count). The Morgan fingerprint density at radius 3 is 3.06 bits per heavy atom. The highest BCUT2D eigenvalue weighted by molar-refractivity contribution is 5.95. The third-order valence-corrected chi connectivity index (χ3v) is 2.95. The van der Waals surface area contributed by atoms with E-state index in [2.05, 4.69) is 20.5 Å². The van der Waals surface area contributed by atoms with Gasteiger partial charge in [-0.15, -0.1) is 0 Å². The lowest BCUT2D eigenvalue weighted by atomic mass is 10.1. The van der Waals surface area contributed by atoms with Crippen LogP contribution in [0.3, 0.4) is 0 Å². The molecule has 1 aliphatic rings. The minimum absolute atomic E-state index is 0.145. The molecule has 0 saturated carbocycles. The number of methoxy groups -OCH3 is 1. The highest BCUT2D eigenvalue weighted by Gasteiger charge is 2.23. The molecule has 2 N–H and O–H groups in total. The number of ether oxygens (including phenoxy) is 1. The molecule has 0 atom stereocenters. The van der Waals surface area contributed by atoms with E-state index in [1.165, 1.54) is 7.11 Å². The zero-order chi connectivity index (χ0) is 13.1. The van der Waals surface area contributed by atoms with E-state index in [1.807, 2.05) is 7.05 Å². The van der Waals surface area contributed by atoms with E-state index < -0.39 is 5.97 Å². The normalized spacial score (nSPS) is 13.9. The monoisotopic (exact) mass is 252 g/mol. The third-order valence-electron chi connectivity index (χ3n) is 2.95. The molecule has 1 amide bonds. The van der Waals surface area contributed by atoms with Crippen LogP contribution in [0.25, 0.3) is 0 Å². The fraction of sp³-hybridized carbons (Fsp3) is 0.545. The Morgan fingerprint density at radius 1 is 1.56 bits per heavy atom. The number of carbonyl (C=O) groups excluding carboxylic acids is 2. The fourth-order valence-electron chi connectivity index (χ4n) is 2.01. The van der Waals surface area contributed by atoms with E-state index in [9.17, 15) is 9.59 Å². The molecule has 18 heavy (non-hydrogen) atoms. The summed E-state index contributed by atoms with van der Waals surface area (Å²) in [6.45, 7) is 1.37. The molecule has 0 fully saturated rings. The smallest absolute Gasteiger partial charge is 0.325 e. The zero-order valence-corrected chi connectivity index (χ0v) is 10.4. The van der Waals surface area contributed by atoms with Crippen molar-refractivity contribution in [2.45, 2.75) is 13.0 Å². The maximum absolute atomic E-state index is 11.9. The first-order valence-electron chi connectivity index (χ1n) is 5.74. The first-order valence-corrected chi connectivity index (χ1v) is 5.74. The molecule has 1 aromatic rings. The summed E-state index contributed by atoms with van der Waals surface area (Å²) in [5.74, 6) is -0.827. The second-order valence-electron chi connectivity index (χ2n) is 4.08. The molecular weight excluding hydrogens is 236 g/mol. The average molecular weight is 252 g/mol. The van der Waals surface area contributed by atoms with Crippen molar-refractivity contribution >= 4 is 11.9 Å². The summed E-state index contributed by atoms with van der Waals surface area (Å²) in [7, 11) is 3.10. The van der Waals surface area contributed by atoms with E-state index in [0.717, 1.165) is 24.2 Å². The summed E-state index contributed by atoms with van der Waals surface area (Å²) in [6, 6.07) is 0. The number of nitrogens with one attached hydrogen (secondary N) is 2. The molecule has 1 aliphatic heterocycles. The van der Waals surface area contributed by atoms with Gasteiger partial charge in [-0.2, -0.15) is 5.10 Å². The van der Waals surface area contributed by atoms with Crippen LogP contribution in [0.2, 0.25) is 0 Å². The van der Waals surface area contributed by atoms with Crippen LogP contribution in [0, 0.1) is 0 Å². The van der Waals surface area contributed by atoms with E-state index in [1.54, 1.807) is 4.68 Å². The lowest BCUT2D eigenvalue weighted by Crippen LogP contribution is -2.32. The van der Waals surface area contributed by atoms with Crippen LogP contribution in [0.1, 0.15) is 21.7 Å². The van der Waals surface area contributed by atoms with Gasteiger partial charge in [-0.1, -0.05) is 0 Å². The van der Waals surface area contributed by atoms with Crippen LogP contribution >= 0.6 is 0 Å². The van der Waals surface area contributed by atoms with Gasteiger partial charge in [0.15, 0.2) is 5.69 Å². The Morgan fingerprint density at radius 2 is 2.33 bits per heavy atom. The minimum atomic E-state index is -0.480. The largest absolute Gasteiger partial charge is 0.468 e. The number of amides is 1. The number of fused-ring (bicyclic) bond motifs is 1. The molecule has 1 aromatic heterocycles. The maximum atomic E-state index is 11.9. The van der Waals surface area contributed by atoms with E-state index in [4.69, 9.17) is 0 Å². The van der Waals surface area contributed by atoms with Gasteiger partial charge in [0.1, 0.15) is 6.54 Å². The van der Waals surface area contributed by atoms with Gasteiger partial charge < -0.3 is 15.4 Å². The van der Waals surface area contributed by atoms with Gasteiger partial charge in [-0.3, -0.25) is 14.3 Å². The number of nitrogens with zero attached hydrogens (tertiary/aromatic N) is 2. The summed E-state index contributed by atoms with van der Waals surface area (Å²) in [5, 5.41) is 9.91. The molecule has 0 saturated heterocycles. The molecule has 0 aromatic carbocycles. The van der Waals surface area contributed by atoms with E-state index >= 15 is 0 Å². The van der Waals surface area contributed by atoms with Gasteiger partial charge in [0.05, 0.1) is 7.11 Å². The summed E-state index contributed by atoms with van der Waals surface area (Å²) in [6.07, 6.45) is 0.850. The van der Waals surface area contributed by atoms with Crippen molar-refractivity contribution in [3.63, 3.8) is 0 Å². The summed E-state index contributed by atoms with van der Waals surface area (Å²) < 4.78 is 6.19. The van der Waals surface area contributed by atoms with Crippen molar-refractivity contribution in [2.24, 2.45) is 7.05 Å². The predicted molar refractivity (Wildman–Crippen MR) is 63.0 cm³/mol. The first-order chi connectivity index (χ1) is 8.63. The lowest BCUT2D eigenvalue weighted by molar-refractivity contribution is -0.139. The van der Waals surface area contributed by atoms with Crippen LogP contribution < -0.4 is 10.6 Å². The van der Waals surface area contributed by atoms with Crippen molar-refractivity contribution in [2.75, 3.05) is 20.2 Å². The van der Waals surface area contributed by atoms with Gasteiger partial charge >= 0.3 is 5.97 Å². The molecule has 7 nitrogen and oxygen atoms in total. The Labute approximate surface area is 104 Å². The van der Waals surface area contributed by atoms with Crippen molar-refractivity contribution < 1.29 is 14.3 Å². The molecule has 0 radical (unpaired) electrons. The van der Waals surface area contributed by atoms with Gasteiger partial charge in [0.2, 0.25) is 0 Å². The van der Waals surface area contributed by atoms with Crippen LogP contribution in [0.4, 0.5) is 0 Å². The Bertz CT molecular complexity index is 481. The lowest BCUT2D eigenvalue weighted by Gasteiger charge is -2.14. The fourth-order valence-corrected chi connectivity index (χ4v) is 2.01. The summed E-state index contributed by atoms with van der Waals surface area (Å²) >= 11 is 0. The van der Waals surface area contributed by atoms with E-state index in [0.29, 0.717) is 12.2 Å². The molecule has 0 bridgehead atoms. The Hall–Kier alpha value is -1.89. The average Bonchev–Trinajstić information content (AvgIpc) is 2.74. The van der Waals surface area contributed by atoms with Gasteiger partial charge in [0, 0.05) is 37.8 Å². The highest BCUT2D eigenvalue weighted by Crippen LogP contribution is 2.17. The van der Waals surface area contributed by atoms with Crippen LogP contribution in [-0.4, -0.2) is 41.9 Å². The maximum Gasteiger partial charge on any atom is 0.325 e. The summed E-state index contributed by atoms with van der Waals surface area (Å²) in [5.41, 5.74) is 2.35. The molecular formula is C11H16N4O3. The van der Waals surface area contributed by atoms with Crippen molar-refractivity contribution in [1.82, 2.24) is 20.4 Å². The molecule has 2 heterocycles. The zero-order valence-electron chi connectivity index (χ0n) is 10.4. The number of aryl methyl sites for hydroxylation is 1. The topological polar surface area (TPSA) is 85.2 Å². The number of hydrogen-bond donors (Lipinski definition) is 2. The van der Waals surface area contributed by atoms with Crippen molar-refractivity contribution in [1.29, 1.82) is 0 Å². The Kier molecular flexibility index (Phi) is 3.61. The molecule has 0 aliphatic carbocycles. The number of rotatable bonds is 3. The van der Waals surface area contributed by atoms with Gasteiger partial charge in [0.25, 0.3) is 5.91 Å². The van der Waals surface area contributed by atoms with Gasteiger partial charge in [-0.05, 0) is 0 Å². The molecule has 0 unspecified atom stereocenters. The second kappa shape index (κ2) is 5.18. The number of hydrogen-bond acceptors (Lipinski definition) is 5. The van der Waals surface area contributed by atoms with Crippen LogP contribution in [0.5, 0.6) is 0 Å². The SMILES string of the molecule is COC(=O)CNC(=O)c1nn(C)c2c1CNCC2. The van der Waals surface area contributed by atoms with Crippen molar-refractivity contribution in [3.05, 3.63) is 17.0 Å². The Balaban J connectivity index is 2.13. The van der Waals surface area contributed by atoms with E-state index in [-0.39, 0.29) is 12.5 Å². The second-order valence-corrected chi connectivity index (χ2v) is 4.08.